The summed E-state index contributed by atoms with van der Waals surface area (Å²) >= 11 is 0. The summed E-state index contributed by atoms with van der Waals surface area (Å²) in [6.07, 6.45) is 0. The Morgan fingerprint density at radius 1 is 1.08 bits per heavy atom. The van der Waals surface area contributed by atoms with Crippen LogP contribution in [0.1, 0.15) is 18.2 Å². The molecular formula is C20H15NO4. The number of fused-ring (bicyclic) bond motifs is 3. The zero-order valence-electron chi connectivity index (χ0n) is 13.7. The Labute approximate surface area is 142 Å². The van der Waals surface area contributed by atoms with Crippen molar-refractivity contribution in [3.05, 3.63) is 70.3 Å². The highest BCUT2D eigenvalue weighted by Crippen LogP contribution is 2.39. The van der Waals surface area contributed by atoms with Crippen LogP contribution in [0, 0.1) is 6.92 Å². The average molecular weight is 333 g/mol. The Morgan fingerprint density at radius 2 is 1.84 bits per heavy atom. The van der Waals surface area contributed by atoms with Crippen molar-refractivity contribution in [2.24, 2.45) is 5.16 Å². The lowest BCUT2D eigenvalue weighted by atomic mass is 9.98. The van der Waals surface area contributed by atoms with E-state index >= 15 is 0 Å². The van der Waals surface area contributed by atoms with Gasteiger partial charge in [0.25, 0.3) is 0 Å². The van der Waals surface area contributed by atoms with Gasteiger partial charge in [0.2, 0.25) is 0 Å². The minimum Gasteiger partial charge on any atom is -0.454 e. The van der Waals surface area contributed by atoms with Crippen LogP contribution in [0.25, 0.3) is 33.1 Å². The van der Waals surface area contributed by atoms with E-state index in [0.717, 1.165) is 22.1 Å². The van der Waals surface area contributed by atoms with Gasteiger partial charge in [0.15, 0.2) is 5.76 Å². The summed E-state index contributed by atoms with van der Waals surface area (Å²) in [7, 11) is 0. The third kappa shape index (κ3) is 2.32. The van der Waals surface area contributed by atoms with E-state index in [9.17, 15) is 10.0 Å². The first-order valence-corrected chi connectivity index (χ1v) is 7.84. The van der Waals surface area contributed by atoms with E-state index in [4.69, 9.17) is 8.83 Å². The second-order valence-electron chi connectivity index (χ2n) is 5.92. The normalized spacial score (nSPS) is 12.2. The number of aryl methyl sites for hydroxylation is 1. The first-order valence-electron chi connectivity index (χ1n) is 7.84. The highest BCUT2D eigenvalue weighted by Gasteiger charge is 2.22. The standard InChI is InChI=1S/C20H15NO4/c1-11-10-16(22)25-20-14(11)8-9-15-18(20)17(13-6-4-3-5-7-13)19(24-15)12(2)21-23/h3-10,23H,1-2H3. The summed E-state index contributed by atoms with van der Waals surface area (Å²) < 4.78 is 11.5. The molecule has 4 aromatic rings. The van der Waals surface area contributed by atoms with E-state index in [1.807, 2.05) is 49.4 Å². The minimum absolute atomic E-state index is 0.346. The number of hydrogen-bond acceptors (Lipinski definition) is 5. The van der Waals surface area contributed by atoms with E-state index in [-0.39, 0.29) is 0 Å². The summed E-state index contributed by atoms with van der Waals surface area (Å²) in [4.78, 5) is 11.9. The lowest BCUT2D eigenvalue weighted by Gasteiger charge is -2.05. The molecular weight excluding hydrogens is 318 g/mol. The third-order valence-corrected chi connectivity index (χ3v) is 4.31. The van der Waals surface area contributed by atoms with Gasteiger partial charge < -0.3 is 14.0 Å². The molecule has 5 heteroatoms. The zero-order chi connectivity index (χ0) is 17.6. The van der Waals surface area contributed by atoms with Gasteiger partial charge in [-0.15, -0.1) is 0 Å². The fraction of sp³-hybridized carbons (Fsp3) is 0.100. The Morgan fingerprint density at radius 3 is 2.56 bits per heavy atom. The molecule has 0 amide bonds. The second-order valence-corrected chi connectivity index (χ2v) is 5.92. The number of rotatable bonds is 2. The lowest BCUT2D eigenvalue weighted by molar-refractivity contribution is 0.318. The van der Waals surface area contributed by atoms with Gasteiger partial charge in [-0.2, -0.15) is 0 Å². The van der Waals surface area contributed by atoms with E-state index in [0.29, 0.717) is 28.0 Å². The molecule has 2 heterocycles. The summed E-state index contributed by atoms with van der Waals surface area (Å²) in [6, 6.07) is 14.8. The van der Waals surface area contributed by atoms with Crippen molar-refractivity contribution in [2.45, 2.75) is 13.8 Å². The molecule has 0 saturated heterocycles. The maximum absolute atomic E-state index is 11.9. The van der Waals surface area contributed by atoms with Crippen LogP contribution in [0.3, 0.4) is 0 Å². The molecule has 2 aromatic carbocycles. The predicted molar refractivity (Wildman–Crippen MR) is 96.4 cm³/mol. The van der Waals surface area contributed by atoms with Crippen molar-refractivity contribution < 1.29 is 14.0 Å². The highest BCUT2D eigenvalue weighted by molar-refractivity contribution is 6.17. The first kappa shape index (κ1) is 15.2. The fourth-order valence-corrected chi connectivity index (χ4v) is 3.14. The number of hydrogen-bond donors (Lipinski definition) is 1. The number of nitrogens with zero attached hydrogens (tertiary/aromatic N) is 1. The molecule has 0 unspecified atom stereocenters. The van der Waals surface area contributed by atoms with Crippen molar-refractivity contribution >= 4 is 27.7 Å². The molecule has 0 aliphatic rings. The van der Waals surface area contributed by atoms with Gasteiger partial charge in [-0.1, -0.05) is 35.5 Å². The van der Waals surface area contributed by atoms with Crippen molar-refractivity contribution in [2.75, 3.05) is 0 Å². The van der Waals surface area contributed by atoms with Crippen LogP contribution >= 0.6 is 0 Å². The topological polar surface area (TPSA) is 75.9 Å². The molecule has 2 aromatic heterocycles. The van der Waals surface area contributed by atoms with Crippen LogP contribution in [0.2, 0.25) is 0 Å². The van der Waals surface area contributed by atoms with Crippen LogP contribution in [0.4, 0.5) is 0 Å². The summed E-state index contributed by atoms with van der Waals surface area (Å²) in [6.45, 7) is 3.53. The fourth-order valence-electron chi connectivity index (χ4n) is 3.14. The Balaban J connectivity index is 2.26. The maximum Gasteiger partial charge on any atom is 0.336 e. The van der Waals surface area contributed by atoms with Gasteiger partial charge in [-0.3, -0.25) is 0 Å². The zero-order valence-corrected chi connectivity index (χ0v) is 13.7. The van der Waals surface area contributed by atoms with E-state index in [2.05, 4.69) is 5.16 Å². The van der Waals surface area contributed by atoms with Crippen LogP contribution in [-0.2, 0) is 0 Å². The van der Waals surface area contributed by atoms with E-state index in [1.54, 1.807) is 6.92 Å². The molecule has 124 valence electrons. The molecule has 0 saturated carbocycles. The van der Waals surface area contributed by atoms with Gasteiger partial charge in [0, 0.05) is 17.0 Å². The highest BCUT2D eigenvalue weighted by atomic mass is 16.4. The third-order valence-electron chi connectivity index (χ3n) is 4.31. The largest absolute Gasteiger partial charge is 0.454 e. The van der Waals surface area contributed by atoms with Crippen LogP contribution in [0.5, 0.6) is 0 Å². The molecule has 25 heavy (non-hydrogen) atoms. The average Bonchev–Trinajstić information content (AvgIpc) is 3.01. The van der Waals surface area contributed by atoms with E-state index < -0.39 is 5.63 Å². The Hall–Kier alpha value is -3.34. The van der Waals surface area contributed by atoms with Crippen LogP contribution in [0.15, 0.2) is 67.3 Å². The molecule has 0 fully saturated rings. The Kier molecular flexibility index (Phi) is 3.42. The SMILES string of the molecule is CC(=NO)c1oc2ccc3c(C)cc(=O)oc3c2c1-c1ccccc1. The number of furan rings is 1. The first-order chi connectivity index (χ1) is 12.1. The molecule has 0 spiro atoms. The predicted octanol–water partition coefficient (Wildman–Crippen LogP) is 4.71. The lowest BCUT2D eigenvalue weighted by Crippen LogP contribution is -1.98. The van der Waals surface area contributed by atoms with Crippen molar-refractivity contribution in [1.82, 2.24) is 0 Å². The molecule has 0 aliphatic heterocycles. The van der Waals surface area contributed by atoms with Crippen molar-refractivity contribution in [1.29, 1.82) is 0 Å². The van der Waals surface area contributed by atoms with Crippen molar-refractivity contribution in [3.8, 4) is 11.1 Å². The molecule has 4 rings (SSSR count). The number of benzene rings is 2. The van der Waals surface area contributed by atoms with Gasteiger partial charge in [0.05, 0.1) is 5.39 Å². The minimum atomic E-state index is -0.410. The van der Waals surface area contributed by atoms with Crippen LogP contribution in [-0.4, -0.2) is 10.9 Å². The van der Waals surface area contributed by atoms with Gasteiger partial charge in [-0.25, -0.2) is 4.79 Å². The summed E-state index contributed by atoms with van der Waals surface area (Å²) in [5.74, 6) is 0.445. The quantitative estimate of drug-likeness (QED) is 0.249. The van der Waals surface area contributed by atoms with Gasteiger partial charge in [0.1, 0.15) is 16.9 Å². The molecule has 0 atom stereocenters. The van der Waals surface area contributed by atoms with Crippen LogP contribution < -0.4 is 5.63 Å². The summed E-state index contributed by atoms with van der Waals surface area (Å²) in [5, 5.41) is 14.1. The molecule has 0 aliphatic carbocycles. The van der Waals surface area contributed by atoms with Gasteiger partial charge >= 0.3 is 5.63 Å². The Bertz CT molecular complexity index is 1180. The summed E-state index contributed by atoms with van der Waals surface area (Å²) in [5.41, 5.74) is 3.44. The van der Waals surface area contributed by atoms with E-state index in [1.165, 1.54) is 6.07 Å². The van der Waals surface area contributed by atoms with Crippen molar-refractivity contribution in [3.63, 3.8) is 0 Å². The molecule has 5 nitrogen and oxygen atoms in total. The number of oxime groups is 1. The smallest absolute Gasteiger partial charge is 0.336 e. The van der Waals surface area contributed by atoms with Gasteiger partial charge in [-0.05, 0) is 37.1 Å². The second kappa shape index (κ2) is 5.63. The maximum atomic E-state index is 11.9. The molecule has 0 bridgehead atoms. The molecule has 0 radical (unpaired) electrons. The monoisotopic (exact) mass is 333 g/mol. The molecule has 1 N–H and O–H groups in total.